The van der Waals surface area contributed by atoms with Crippen molar-refractivity contribution in [2.75, 3.05) is 0 Å². The smallest absolute Gasteiger partial charge is 0.270 e. The van der Waals surface area contributed by atoms with E-state index in [-0.39, 0.29) is 5.91 Å². The second-order valence-electron chi connectivity index (χ2n) is 5.80. The summed E-state index contributed by atoms with van der Waals surface area (Å²) in [6.45, 7) is 6.51. The molecular formula is C17H19N5O. The number of aryl methyl sites for hydroxylation is 1. The van der Waals surface area contributed by atoms with E-state index >= 15 is 0 Å². The zero-order valence-corrected chi connectivity index (χ0v) is 13.4. The summed E-state index contributed by atoms with van der Waals surface area (Å²) in [6, 6.07) is 8.03. The molecule has 0 saturated heterocycles. The van der Waals surface area contributed by atoms with Gasteiger partial charge in [0.1, 0.15) is 12.0 Å². The fourth-order valence-corrected chi connectivity index (χ4v) is 2.44. The Kier molecular flexibility index (Phi) is 4.06. The fourth-order valence-electron chi connectivity index (χ4n) is 2.44. The van der Waals surface area contributed by atoms with Gasteiger partial charge in [-0.25, -0.2) is 15.0 Å². The van der Waals surface area contributed by atoms with Crippen LogP contribution in [-0.4, -0.2) is 25.4 Å². The largest absolute Gasteiger partial charge is 0.347 e. The standard InChI is InChI=1S/C17H19N5O/c1-11(2)22-10-21-14-5-4-13(7-16(14)22)8-18-17(23)15-6-12(3)19-9-20-15/h4-7,9-11H,8H2,1-3H3,(H,18,23). The fraction of sp³-hybridized carbons (Fsp3) is 0.294. The molecule has 0 atom stereocenters. The Morgan fingerprint density at radius 1 is 1.22 bits per heavy atom. The van der Waals surface area contributed by atoms with Gasteiger partial charge in [0.25, 0.3) is 5.91 Å². The first-order chi connectivity index (χ1) is 11.0. The van der Waals surface area contributed by atoms with Crippen LogP contribution in [-0.2, 0) is 6.54 Å². The van der Waals surface area contributed by atoms with Gasteiger partial charge in [0.15, 0.2) is 0 Å². The number of hydrogen-bond acceptors (Lipinski definition) is 4. The monoisotopic (exact) mass is 309 g/mol. The molecule has 0 unspecified atom stereocenters. The number of nitrogens with zero attached hydrogens (tertiary/aromatic N) is 4. The Labute approximate surface area is 134 Å². The number of carbonyl (C=O) groups excluding carboxylic acids is 1. The van der Waals surface area contributed by atoms with Crippen LogP contribution in [0.2, 0.25) is 0 Å². The third-order valence-electron chi connectivity index (χ3n) is 3.69. The van der Waals surface area contributed by atoms with Crippen LogP contribution >= 0.6 is 0 Å². The van der Waals surface area contributed by atoms with Crippen LogP contribution in [0.3, 0.4) is 0 Å². The predicted molar refractivity (Wildman–Crippen MR) is 88.1 cm³/mol. The molecule has 0 aliphatic carbocycles. The van der Waals surface area contributed by atoms with E-state index in [9.17, 15) is 4.79 Å². The van der Waals surface area contributed by atoms with Crippen molar-refractivity contribution in [3.8, 4) is 0 Å². The number of hydrogen-bond donors (Lipinski definition) is 1. The lowest BCUT2D eigenvalue weighted by atomic mass is 10.2. The summed E-state index contributed by atoms with van der Waals surface area (Å²) in [5.74, 6) is -0.201. The van der Waals surface area contributed by atoms with Gasteiger partial charge < -0.3 is 9.88 Å². The third-order valence-corrected chi connectivity index (χ3v) is 3.69. The van der Waals surface area contributed by atoms with Crippen LogP contribution in [0.15, 0.2) is 36.9 Å². The van der Waals surface area contributed by atoms with Crippen molar-refractivity contribution < 1.29 is 4.79 Å². The Hall–Kier alpha value is -2.76. The third kappa shape index (κ3) is 3.21. The molecule has 6 nitrogen and oxygen atoms in total. The molecule has 118 valence electrons. The molecule has 1 N–H and O–H groups in total. The second-order valence-corrected chi connectivity index (χ2v) is 5.80. The Balaban J connectivity index is 1.76. The van der Waals surface area contributed by atoms with E-state index in [0.29, 0.717) is 18.3 Å². The predicted octanol–water partition coefficient (Wildman–Crippen LogP) is 2.65. The maximum Gasteiger partial charge on any atom is 0.270 e. The lowest BCUT2D eigenvalue weighted by Crippen LogP contribution is -2.24. The van der Waals surface area contributed by atoms with Gasteiger partial charge in [0.05, 0.1) is 17.4 Å². The van der Waals surface area contributed by atoms with E-state index in [2.05, 4.69) is 44.7 Å². The summed E-state index contributed by atoms with van der Waals surface area (Å²) >= 11 is 0. The van der Waals surface area contributed by atoms with Crippen LogP contribution in [0.25, 0.3) is 11.0 Å². The highest BCUT2D eigenvalue weighted by molar-refractivity contribution is 5.92. The Morgan fingerprint density at radius 3 is 2.78 bits per heavy atom. The Bertz CT molecular complexity index is 853. The summed E-state index contributed by atoms with van der Waals surface area (Å²) in [6.07, 6.45) is 3.25. The molecule has 1 amide bonds. The van der Waals surface area contributed by atoms with Gasteiger partial charge in [0, 0.05) is 18.3 Å². The van der Waals surface area contributed by atoms with Crippen LogP contribution < -0.4 is 5.32 Å². The topological polar surface area (TPSA) is 72.7 Å². The summed E-state index contributed by atoms with van der Waals surface area (Å²) in [4.78, 5) is 24.5. The highest BCUT2D eigenvalue weighted by atomic mass is 16.1. The van der Waals surface area contributed by atoms with E-state index in [1.807, 2.05) is 25.4 Å². The number of imidazole rings is 1. The maximum absolute atomic E-state index is 12.1. The van der Waals surface area contributed by atoms with Crippen molar-refractivity contribution in [2.24, 2.45) is 0 Å². The first-order valence-electron chi connectivity index (χ1n) is 7.57. The first kappa shape index (κ1) is 15.1. The van der Waals surface area contributed by atoms with Gasteiger partial charge >= 0.3 is 0 Å². The molecule has 0 aliphatic rings. The molecule has 23 heavy (non-hydrogen) atoms. The average molecular weight is 309 g/mol. The van der Waals surface area contributed by atoms with E-state index < -0.39 is 0 Å². The lowest BCUT2D eigenvalue weighted by molar-refractivity contribution is 0.0945. The van der Waals surface area contributed by atoms with Crippen LogP contribution in [0.1, 0.15) is 41.6 Å². The number of carbonyl (C=O) groups is 1. The molecule has 0 aliphatic heterocycles. The highest BCUT2D eigenvalue weighted by Gasteiger charge is 2.09. The van der Waals surface area contributed by atoms with Crippen LogP contribution in [0, 0.1) is 6.92 Å². The zero-order valence-electron chi connectivity index (χ0n) is 13.4. The minimum atomic E-state index is -0.201. The molecule has 2 aromatic heterocycles. The molecule has 3 aromatic rings. The summed E-state index contributed by atoms with van der Waals surface area (Å²) in [5.41, 5.74) is 4.21. The van der Waals surface area contributed by atoms with E-state index in [4.69, 9.17) is 0 Å². The van der Waals surface area contributed by atoms with Crippen molar-refractivity contribution >= 4 is 16.9 Å². The van der Waals surface area contributed by atoms with E-state index in [1.165, 1.54) is 6.33 Å². The number of nitrogens with one attached hydrogen (secondary N) is 1. The molecule has 0 bridgehead atoms. The summed E-state index contributed by atoms with van der Waals surface area (Å²) in [5, 5.41) is 2.89. The molecule has 0 saturated carbocycles. The summed E-state index contributed by atoms with van der Waals surface area (Å²) in [7, 11) is 0. The quantitative estimate of drug-likeness (QED) is 0.804. The van der Waals surface area contributed by atoms with Gasteiger partial charge in [-0.1, -0.05) is 6.07 Å². The normalized spacial score (nSPS) is 11.1. The summed E-state index contributed by atoms with van der Waals surface area (Å²) < 4.78 is 2.12. The SMILES string of the molecule is Cc1cc(C(=O)NCc2ccc3ncn(C(C)C)c3c2)ncn1. The number of aromatic nitrogens is 4. The maximum atomic E-state index is 12.1. The van der Waals surface area contributed by atoms with Gasteiger partial charge in [0.2, 0.25) is 0 Å². The van der Waals surface area contributed by atoms with Crippen molar-refractivity contribution in [3.05, 3.63) is 53.9 Å². The van der Waals surface area contributed by atoms with E-state index in [0.717, 1.165) is 22.3 Å². The van der Waals surface area contributed by atoms with Crippen molar-refractivity contribution in [1.82, 2.24) is 24.8 Å². The Morgan fingerprint density at radius 2 is 2.04 bits per heavy atom. The minimum Gasteiger partial charge on any atom is -0.347 e. The molecule has 0 fully saturated rings. The molecule has 3 rings (SSSR count). The zero-order chi connectivity index (χ0) is 16.4. The molecular weight excluding hydrogens is 290 g/mol. The number of benzene rings is 1. The van der Waals surface area contributed by atoms with Crippen LogP contribution in [0.5, 0.6) is 0 Å². The average Bonchev–Trinajstić information content (AvgIpc) is 2.96. The highest BCUT2D eigenvalue weighted by Crippen LogP contribution is 2.19. The number of amides is 1. The number of rotatable bonds is 4. The lowest BCUT2D eigenvalue weighted by Gasteiger charge is -2.09. The first-order valence-corrected chi connectivity index (χ1v) is 7.57. The van der Waals surface area contributed by atoms with Crippen molar-refractivity contribution in [1.29, 1.82) is 0 Å². The molecule has 1 aromatic carbocycles. The number of fused-ring (bicyclic) bond motifs is 1. The van der Waals surface area contributed by atoms with Gasteiger partial charge in [-0.15, -0.1) is 0 Å². The van der Waals surface area contributed by atoms with Crippen molar-refractivity contribution in [3.63, 3.8) is 0 Å². The van der Waals surface area contributed by atoms with Crippen molar-refractivity contribution in [2.45, 2.75) is 33.4 Å². The van der Waals surface area contributed by atoms with Gasteiger partial charge in [-0.3, -0.25) is 4.79 Å². The molecule has 2 heterocycles. The molecule has 0 radical (unpaired) electrons. The van der Waals surface area contributed by atoms with Gasteiger partial charge in [-0.2, -0.15) is 0 Å². The van der Waals surface area contributed by atoms with Gasteiger partial charge in [-0.05, 0) is 44.5 Å². The molecule has 0 spiro atoms. The van der Waals surface area contributed by atoms with E-state index in [1.54, 1.807) is 6.07 Å². The molecule has 6 heteroatoms. The second kappa shape index (κ2) is 6.16. The minimum absolute atomic E-state index is 0.201. The van der Waals surface area contributed by atoms with Crippen LogP contribution in [0.4, 0.5) is 0 Å².